The molecular weight excluding hydrogens is 734 g/mol. The average Bonchev–Trinajstić information content (AvgIpc) is 3.43. The van der Waals surface area contributed by atoms with Crippen LogP contribution < -0.4 is 9.80 Å². The first-order valence-electron chi connectivity index (χ1n) is 15.4. The smallest absolute Gasteiger partial charge is 0.241 e. The number of phenolic OH excluding ortho intramolecular Hbond substituents is 1. The predicted octanol–water partition coefficient (Wildman–Crippen LogP) is 7.38. The van der Waals surface area contributed by atoms with Crippen LogP contribution in [-0.2, 0) is 19.2 Å². The van der Waals surface area contributed by atoms with Crippen molar-refractivity contribution in [2.75, 3.05) is 9.80 Å². The largest absolute Gasteiger partial charge is 0.508 e. The molecule has 2 saturated heterocycles. The predicted molar refractivity (Wildman–Crippen MR) is 183 cm³/mol. The molecule has 0 unspecified atom stereocenters. The molecule has 8 rings (SSSR count). The first-order valence-corrected chi connectivity index (χ1v) is 16.9. The number of phenols is 1. The molecule has 2 aliphatic carbocycles. The number of allylic oxidation sites excluding steroid dienone is 2. The van der Waals surface area contributed by atoms with E-state index in [-0.39, 0.29) is 41.1 Å². The number of hydrogen-bond acceptors (Lipinski definition) is 5. The van der Waals surface area contributed by atoms with Crippen molar-refractivity contribution >= 4 is 80.0 Å². The van der Waals surface area contributed by atoms with E-state index in [9.17, 15) is 28.7 Å². The van der Waals surface area contributed by atoms with Gasteiger partial charge in [-0.15, -0.1) is 0 Å². The molecule has 4 aromatic rings. The summed E-state index contributed by atoms with van der Waals surface area (Å²) in [4.78, 5) is 59.6. The molecule has 0 radical (unpaired) electrons. The van der Waals surface area contributed by atoms with Crippen molar-refractivity contribution in [3.05, 3.63) is 110 Å². The van der Waals surface area contributed by atoms with Crippen molar-refractivity contribution in [2.24, 2.45) is 29.1 Å². The number of benzene rings is 4. The molecule has 2 heterocycles. The highest BCUT2D eigenvalue weighted by Crippen LogP contribution is 2.65. The van der Waals surface area contributed by atoms with Crippen molar-refractivity contribution in [2.45, 2.75) is 25.7 Å². The summed E-state index contributed by atoms with van der Waals surface area (Å²) >= 11 is 8.27. The van der Waals surface area contributed by atoms with E-state index in [0.29, 0.717) is 11.3 Å². The van der Waals surface area contributed by atoms with Crippen molar-refractivity contribution < 1.29 is 28.7 Å². The molecule has 7 nitrogen and oxygen atoms in total. The molecule has 1 saturated carbocycles. The van der Waals surface area contributed by atoms with E-state index in [2.05, 4.69) is 22.6 Å². The normalized spacial score (nSPS) is 28.4. The lowest BCUT2D eigenvalue weighted by Gasteiger charge is -2.49. The van der Waals surface area contributed by atoms with Crippen LogP contribution in [0.3, 0.4) is 0 Å². The van der Waals surface area contributed by atoms with E-state index in [1.54, 1.807) is 31.2 Å². The Kier molecular flexibility index (Phi) is 6.90. The van der Waals surface area contributed by atoms with Gasteiger partial charge in [-0.3, -0.25) is 24.1 Å². The van der Waals surface area contributed by atoms with Gasteiger partial charge in [-0.05, 0) is 108 Å². The molecule has 0 aromatic heterocycles. The Labute approximate surface area is 288 Å². The van der Waals surface area contributed by atoms with Gasteiger partial charge in [0.2, 0.25) is 23.6 Å². The number of halogens is 3. The summed E-state index contributed by atoms with van der Waals surface area (Å²) in [5, 5.41) is 12.9. The Morgan fingerprint density at radius 2 is 1.60 bits per heavy atom. The van der Waals surface area contributed by atoms with Crippen LogP contribution in [0.5, 0.6) is 5.75 Å². The fourth-order valence-corrected chi connectivity index (χ4v) is 9.16. The highest BCUT2D eigenvalue weighted by Gasteiger charge is 2.68. The third-order valence-electron chi connectivity index (χ3n) is 10.8. The van der Waals surface area contributed by atoms with Gasteiger partial charge in [-0.2, -0.15) is 0 Å². The van der Waals surface area contributed by atoms with E-state index in [1.807, 2.05) is 42.5 Å². The average molecular weight is 761 g/mol. The molecule has 10 heteroatoms. The molecular formula is C37H27ClFIN2O5. The molecule has 2 aliphatic heterocycles. The zero-order valence-corrected chi connectivity index (χ0v) is 27.9. The maximum absolute atomic E-state index is 14.7. The van der Waals surface area contributed by atoms with Gasteiger partial charge in [-0.1, -0.05) is 53.6 Å². The Morgan fingerprint density at radius 1 is 0.872 bits per heavy atom. The fraction of sp³-hybridized carbons (Fsp3) is 0.243. The van der Waals surface area contributed by atoms with Gasteiger partial charge in [0, 0.05) is 15.1 Å². The number of carbonyl (C=O) groups is 4. The molecule has 236 valence electrons. The number of anilines is 2. The van der Waals surface area contributed by atoms with Gasteiger partial charge < -0.3 is 5.11 Å². The standard InChI is InChI=1S/C37H27ClFIN2O5/c1-37-26(34(45)42(36(37)47)21-11-14-28(39)27(38)16-21)17-25-23(32(37)31-22-5-3-2-4-18(22)6-15-29(31)43)12-13-24-30(25)35(46)41(33(24)44)20-9-7-19(40)8-10-20/h2-12,14-16,24-26,30,32,43H,13,17H2,1H3/t24-,25+,26-,30-,32+,37+/m0/s1. The van der Waals surface area contributed by atoms with Gasteiger partial charge in [0.15, 0.2) is 0 Å². The highest BCUT2D eigenvalue weighted by molar-refractivity contribution is 14.1. The van der Waals surface area contributed by atoms with Crippen molar-refractivity contribution in [3.63, 3.8) is 0 Å². The van der Waals surface area contributed by atoms with Gasteiger partial charge in [0.05, 0.1) is 39.6 Å². The Hall–Kier alpha value is -4.09. The minimum atomic E-state index is -1.38. The van der Waals surface area contributed by atoms with Crippen molar-refractivity contribution in [1.82, 2.24) is 0 Å². The fourth-order valence-electron chi connectivity index (χ4n) is 8.63. The summed E-state index contributed by atoms with van der Waals surface area (Å²) in [7, 11) is 0. The van der Waals surface area contributed by atoms with Crippen molar-refractivity contribution in [3.8, 4) is 5.75 Å². The molecule has 4 amide bonds. The molecule has 1 N–H and O–H groups in total. The lowest BCUT2D eigenvalue weighted by molar-refractivity contribution is -0.131. The topological polar surface area (TPSA) is 95.0 Å². The first kappa shape index (κ1) is 30.3. The van der Waals surface area contributed by atoms with Crippen LogP contribution in [0.1, 0.15) is 31.2 Å². The van der Waals surface area contributed by atoms with Gasteiger partial charge in [0.1, 0.15) is 11.6 Å². The van der Waals surface area contributed by atoms with Gasteiger partial charge in [0.25, 0.3) is 0 Å². The summed E-state index contributed by atoms with van der Waals surface area (Å²) in [6, 6.07) is 21.8. The molecule has 47 heavy (non-hydrogen) atoms. The van der Waals surface area contributed by atoms with Gasteiger partial charge >= 0.3 is 0 Å². The van der Waals surface area contributed by atoms with Crippen LogP contribution in [0.25, 0.3) is 10.8 Å². The Bertz CT molecular complexity index is 2100. The Balaban J connectivity index is 1.32. The molecule has 6 atom stereocenters. The summed E-state index contributed by atoms with van der Waals surface area (Å²) in [5.41, 5.74) is 0.524. The van der Waals surface area contributed by atoms with E-state index in [4.69, 9.17) is 11.6 Å². The third kappa shape index (κ3) is 4.21. The minimum Gasteiger partial charge on any atom is -0.508 e. The van der Waals surface area contributed by atoms with E-state index >= 15 is 0 Å². The zero-order valence-electron chi connectivity index (χ0n) is 25.0. The van der Waals surface area contributed by atoms with Crippen LogP contribution in [0, 0.1) is 38.5 Å². The van der Waals surface area contributed by atoms with E-state index < -0.39 is 52.6 Å². The second-order valence-corrected chi connectivity index (χ2v) is 14.6. The Morgan fingerprint density at radius 3 is 2.34 bits per heavy atom. The number of carbonyl (C=O) groups excluding carboxylic acids is 4. The SMILES string of the molecule is C[C@@]12C(=O)N(c3ccc(F)c(Cl)c3)C(=O)[C@@H]1C[C@@H]1C(=CC[C@@H]3C(=O)N(c4ccc(I)cc4)C(=O)[C@@H]31)[C@@H]2c1c(O)ccc2ccccc12. The zero-order chi connectivity index (χ0) is 32.9. The summed E-state index contributed by atoms with van der Waals surface area (Å²) in [5.74, 6) is -5.94. The summed E-state index contributed by atoms with van der Waals surface area (Å²) < 4.78 is 15.1. The number of hydrogen-bond donors (Lipinski definition) is 1. The molecule has 3 fully saturated rings. The second-order valence-electron chi connectivity index (χ2n) is 13.0. The number of amides is 4. The quantitative estimate of drug-likeness (QED) is 0.134. The highest BCUT2D eigenvalue weighted by atomic mass is 127. The van der Waals surface area contributed by atoms with Crippen LogP contribution >= 0.6 is 34.2 Å². The van der Waals surface area contributed by atoms with Crippen LogP contribution in [-0.4, -0.2) is 28.7 Å². The number of fused-ring (bicyclic) bond motifs is 5. The monoisotopic (exact) mass is 760 g/mol. The summed E-state index contributed by atoms with van der Waals surface area (Å²) in [6.45, 7) is 1.75. The molecule has 0 bridgehead atoms. The number of imide groups is 2. The molecule has 4 aromatic carbocycles. The maximum atomic E-state index is 14.7. The lowest BCUT2D eigenvalue weighted by atomic mass is 9.51. The van der Waals surface area contributed by atoms with Crippen LogP contribution in [0.4, 0.5) is 15.8 Å². The maximum Gasteiger partial charge on any atom is 0.241 e. The lowest BCUT2D eigenvalue weighted by Crippen LogP contribution is -2.49. The number of rotatable bonds is 3. The minimum absolute atomic E-state index is 0.0322. The van der Waals surface area contributed by atoms with Crippen LogP contribution in [0.2, 0.25) is 5.02 Å². The second kappa shape index (κ2) is 10.7. The number of nitrogens with zero attached hydrogens (tertiary/aromatic N) is 2. The number of aromatic hydroxyl groups is 1. The van der Waals surface area contributed by atoms with Crippen LogP contribution in [0.15, 0.2) is 90.5 Å². The molecule has 4 aliphatic rings. The third-order valence-corrected chi connectivity index (χ3v) is 11.8. The van der Waals surface area contributed by atoms with Gasteiger partial charge in [-0.25, -0.2) is 9.29 Å². The first-order chi connectivity index (χ1) is 22.5. The summed E-state index contributed by atoms with van der Waals surface area (Å²) in [6.07, 6.45) is 2.39. The van der Waals surface area contributed by atoms with Crippen molar-refractivity contribution in [1.29, 1.82) is 0 Å². The van der Waals surface area contributed by atoms with E-state index in [0.717, 1.165) is 30.9 Å². The van der Waals surface area contributed by atoms with E-state index in [1.165, 1.54) is 17.0 Å². The molecule has 0 spiro atoms.